The summed E-state index contributed by atoms with van der Waals surface area (Å²) in [5.41, 5.74) is 2.92. The van der Waals surface area contributed by atoms with E-state index in [1.165, 1.54) is 0 Å². The lowest BCUT2D eigenvalue weighted by Crippen LogP contribution is -2.33. The van der Waals surface area contributed by atoms with Crippen LogP contribution in [0.3, 0.4) is 0 Å². The van der Waals surface area contributed by atoms with Crippen molar-refractivity contribution in [1.82, 2.24) is 30.7 Å². The highest BCUT2D eigenvalue weighted by molar-refractivity contribution is 5.82. The monoisotopic (exact) mass is 421 g/mol. The van der Waals surface area contributed by atoms with E-state index in [0.29, 0.717) is 5.95 Å². The van der Waals surface area contributed by atoms with Gasteiger partial charge in [0, 0.05) is 23.0 Å². The van der Waals surface area contributed by atoms with Gasteiger partial charge >= 0.3 is 0 Å². The summed E-state index contributed by atoms with van der Waals surface area (Å²) >= 11 is 0. The maximum Gasteiger partial charge on any atom is 0.258 e. The van der Waals surface area contributed by atoms with Gasteiger partial charge in [0.2, 0.25) is 5.95 Å². The largest absolute Gasteiger partial charge is 0.488 e. The summed E-state index contributed by atoms with van der Waals surface area (Å²) in [5, 5.41) is 21.4. The first-order valence-electron chi connectivity index (χ1n) is 10.5. The van der Waals surface area contributed by atoms with Crippen LogP contribution >= 0.6 is 0 Å². The van der Waals surface area contributed by atoms with Gasteiger partial charge in [-0.2, -0.15) is 10.1 Å². The van der Waals surface area contributed by atoms with Crippen molar-refractivity contribution >= 4 is 34.0 Å². The van der Waals surface area contributed by atoms with Crippen molar-refractivity contribution in [2.75, 3.05) is 11.9 Å². The molecule has 162 valence electrons. The molecule has 1 atom stereocenters. The summed E-state index contributed by atoms with van der Waals surface area (Å²) in [6, 6.07) is 6.00. The van der Waals surface area contributed by atoms with Gasteiger partial charge in [-0.25, -0.2) is 0 Å². The van der Waals surface area contributed by atoms with E-state index < -0.39 is 0 Å². The number of benzene rings is 1. The Morgan fingerprint density at radius 1 is 1.29 bits per heavy atom. The van der Waals surface area contributed by atoms with Gasteiger partial charge < -0.3 is 15.4 Å². The Bertz CT molecular complexity index is 1130. The number of ether oxygens (including phenoxy) is 1. The van der Waals surface area contributed by atoms with Gasteiger partial charge in [0.25, 0.3) is 5.91 Å². The smallest absolute Gasteiger partial charge is 0.258 e. The molecular formula is C22H27N7O2. The van der Waals surface area contributed by atoms with Crippen LogP contribution in [0.5, 0.6) is 0 Å². The molecule has 1 aromatic carbocycles. The minimum Gasteiger partial charge on any atom is -0.488 e. The van der Waals surface area contributed by atoms with Gasteiger partial charge in [-0.1, -0.05) is 13.0 Å². The second-order valence-electron chi connectivity index (χ2n) is 7.89. The molecule has 31 heavy (non-hydrogen) atoms. The predicted molar refractivity (Wildman–Crippen MR) is 119 cm³/mol. The van der Waals surface area contributed by atoms with Gasteiger partial charge in [0.05, 0.1) is 11.7 Å². The minimum absolute atomic E-state index is 0.0288. The van der Waals surface area contributed by atoms with Crippen molar-refractivity contribution in [3.63, 3.8) is 0 Å². The van der Waals surface area contributed by atoms with Gasteiger partial charge in [0.1, 0.15) is 5.76 Å². The van der Waals surface area contributed by atoms with Crippen LogP contribution < -0.4 is 10.6 Å². The fourth-order valence-corrected chi connectivity index (χ4v) is 3.56. The second-order valence-corrected chi connectivity index (χ2v) is 7.89. The molecule has 2 heterocycles. The highest BCUT2D eigenvalue weighted by atomic mass is 16.5. The van der Waals surface area contributed by atoms with Crippen LogP contribution in [0.25, 0.3) is 16.5 Å². The number of anilines is 2. The van der Waals surface area contributed by atoms with Gasteiger partial charge in [0.15, 0.2) is 12.4 Å². The van der Waals surface area contributed by atoms with Crippen molar-refractivity contribution in [3.05, 3.63) is 48.1 Å². The lowest BCUT2D eigenvalue weighted by molar-refractivity contribution is -0.125. The molecule has 0 radical (unpaired) electrons. The first-order valence-corrected chi connectivity index (χ1v) is 10.5. The van der Waals surface area contributed by atoms with E-state index in [1.807, 2.05) is 44.2 Å². The van der Waals surface area contributed by atoms with Crippen LogP contribution in [0.2, 0.25) is 0 Å². The predicted octanol–water partition coefficient (Wildman–Crippen LogP) is 3.66. The molecule has 2 aromatic heterocycles. The van der Waals surface area contributed by atoms with Gasteiger partial charge in [-0.3, -0.25) is 15.0 Å². The lowest BCUT2D eigenvalue weighted by Gasteiger charge is -2.23. The highest BCUT2D eigenvalue weighted by Crippen LogP contribution is 2.33. The summed E-state index contributed by atoms with van der Waals surface area (Å²) < 4.78 is 5.78. The van der Waals surface area contributed by atoms with E-state index in [4.69, 9.17) is 4.74 Å². The number of carbonyl (C=O) groups is 1. The molecule has 1 unspecified atom stereocenters. The van der Waals surface area contributed by atoms with E-state index in [-0.39, 0.29) is 24.5 Å². The molecule has 9 nitrogen and oxygen atoms in total. The van der Waals surface area contributed by atoms with Gasteiger partial charge in [-0.15, -0.1) is 5.10 Å². The zero-order valence-corrected chi connectivity index (χ0v) is 17.9. The lowest BCUT2D eigenvalue weighted by atomic mass is 9.90. The Labute approximate surface area is 180 Å². The highest BCUT2D eigenvalue weighted by Gasteiger charge is 2.22. The van der Waals surface area contributed by atoms with Crippen LogP contribution in [-0.4, -0.2) is 43.9 Å². The third-order valence-electron chi connectivity index (χ3n) is 5.12. The number of aromatic amines is 2. The topological polar surface area (TPSA) is 121 Å². The standard InChI is InChI=1S/C22H27N7O2/c1-4-14-9-15(5-8-19(14)31-12-20(30)24-13(2)3)21-26-22(29-28-21)25-17-6-7-18-16(10-17)11-23-27-18/h5-8,10-11,13-14H,4,9,12H2,1-3H3,(H,23,27)(H,24,30)(H2,25,26,28,29). The molecule has 0 aliphatic heterocycles. The number of H-pyrrole nitrogens is 2. The molecule has 1 aliphatic rings. The number of carbonyl (C=O) groups excluding carboxylic acids is 1. The molecule has 0 spiro atoms. The Kier molecular flexibility index (Phi) is 6.01. The SMILES string of the molecule is CCC1CC(c2nc(Nc3ccc4[nH]ncc4c3)n[nH]2)=CC=C1OCC(=O)NC(C)C. The molecule has 0 saturated carbocycles. The van der Waals surface area contributed by atoms with Crippen molar-refractivity contribution in [3.8, 4) is 0 Å². The molecule has 1 amide bonds. The van der Waals surface area contributed by atoms with Crippen molar-refractivity contribution < 1.29 is 9.53 Å². The molecule has 1 aliphatic carbocycles. The molecule has 4 rings (SSSR count). The Morgan fingerprint density at radius 3 is 2.97 bits per heavy atom. The molecule has 9 heteroatoms. The summed E-state index contributed by atoms with van der Waals surface area (Å²) in [4.78, 5) is 16.5. The van der Waals surface area contributed by atoms with Crippen molar-refractivity contribution in [2.24, 2.45) is 5.92 Å². The normalized spacial score (nSPS) is 16.2. The maximum absolute atomic E-state index is 11.9. The molecule has 0 fully saturated rings. The number of amides is 1. The number of nitrogens with zero attached hydrogens (tertiary/aromatic N) is 3. The molecule has 4 N–H and O–H groups in total. The zero-order chi connectivity index (χ0) is 21.8. The van der Waals surface area contributed by atoms with Crippen molar-refractivity contribution in [2.45, 2.75) is 39.7 Å². The first kappa shape index (κ1) is 20.6. The van der Waals surface area contributed by atoms with E-state index in [2.05, 4.69) is 42.9 Å². The van der Waals surface area contributed by atoms with Crippen LogP contribution in [-0.2, 0) is 9.53 Å². The number of hydrogen-bond acceptors (Lipinski definition) is 6. The van der Waals surface area contributed by atoms with E-state index in [9.17, 15) is 4.79 Å². The fourth-order valence-electron chi connectivity index (χ4n) is 3.56. The number of hydrogen-bond donors (Lipinski definition) is 4. The Hall–Kier alpha value is -3.62. The number of aromatic nitrogens is 5. The molecular weight excluding hydrogens is 394 g/mol. The molecule has 0 bridgehead atoms. The number of allylic oxidation sites excluding steroid dienone is 4. The minimum atomic E-state index is -0.111. The summed E-state index contributed by atoms with van der Waals surface area (Å²) in [5.74, 6) is 2.13. The molecule has 3 aromatic rings. The maximum atomic E-state index is 11.9. The number of fused-ring (bicyclic) bond motifs is 1. The van der Waals surface area contributed by atoms with Crippen LogP contribution in [0, 0.1) is 5.92 Å². The number of nitrogens with one attached hydrogen (secondary N) is 4. The second kappa shape index (κ2) is 9.03. The summed E-state index contributed by atoms with van der Waals surface area (Å²) in [7, 11) is 0. The summed E-state index contributed by atoms with van der Waals surface area (Å²) in [6.45, 7) is 6.00. The van der Waals surface area contributed by atoms with Crippen LogP contribution in [0.15, 0.2) is 42.3 Å². The first-order chi connectivity index (χ1) is 15.0. The third kappa shape index (κ3) is 4.93. The molecule has 0 saturated heterocycles. The van der Waals surface area contributed by atoms with Crippen LogP contribution in [0.1, 0.15) is 39.4 Å². The van der Waals surface area contributed by atoms with Crippen molar-refractivity contribution in [1.29, 1.82) is 0 Å². The summed E-state index contributed by atoms with van der Waals surface area (Å²) in [6.07, 6.45) is 7.35. The Morgan fingerprint density at radius 2 is 2.16 bits per heavy atom. The Balaban J connectivity index is 1.43. The van der Waals surface area contributed by atoms with E-state index in [0.717, 1.165) is 46.6 Å². The average molecular weight is 422 g/mol. The third-order valence-corrected chi connectivity index (χ3v) is 5.12. The van der Waals surface area contributed by atoms with Gasteiger partial charge in [-0.05, 0) is 56.5 Å². The number of rotatable bonds is 8. The van der Waals surface area contributed by atoms with E-state index in [1.54, 1.807) is 6.20 Å². The zero-order valence-electron chi connectivity index (χ0n) is 17.9. The average Bonchev–Trinajstić information content (AvgIpc) is 3.41. The quantitative estimate of drug-likeness (QED) is 0.440. The van der Waals surface area contributed by atoms with E-state index >= 15 is 0 Å². The fraction of sp³-hybridized carbons (Fsp3) is 0.364. The van der Waals surface area contributed by atoms with Crippen LogP contribution in [0.4, 0.5) is 11.6 Å².